The minimum Gasteiger partial charge on any atom is -0.354 e. The number of carbonyl (C=O) groups is 2. The number of halogens is 3. The lowest BCUT2D eigenvalue weighted by molar-refractivity contribution is -0.140. The van der Waals surface area contributed by atoms with Crippen LogP contribution >= 0.6 is 11.6 Å². The highest BCUT2D eigenvalue weighted by Crippen LogP contribution is 2.23. The van der Waals surface area contributed by atoms with Crippen molar-refractivity contribution in [2.45, 2.75) is 32.9 Å². The van der Waals surface area contributed by atoms with Gasteiger partial charge in [-0.15, -0.1) is 0 Å². The van der Waals surface area contributed by atoms with Crippen LogP contribution < -0.4 is 9.62 Å². The SMILES string of the molecule is CC(C)CNC(=O)[C@@H](Cc1ccccc1)N(Cc1cccc(Cl)c1)C(=O)CN(c1ccc(F)c(F)c1)S(C)(=O)=O. The summed E-state index contributed by atoms with van der Waals surface area (Å²) in [5.41, 5.74) is 1.19. The van der Waals surface area contributed by atoms with E-state index >= 15 is 0 Å². The van der Waals surface area contributed by atoms with Crippen LogP contribution in [0.4, 0.5) is 14.5 Å². The molecule has 2 amide bonds. The lowest BCUT2D eigenvalue weighted by Crippen LogP contribution is -2.53. The standard InChI is InChI=1S/C29H32ClF2N3O4S/c1-20(2)17-33-29(37)27(15-21-8-5-4-6-9-21)34(18-22-10-7-11-23(30)14-22)28(36)19-35(40(3,38)39)24-12-13-25(31)26(32)16-24/h4-14,16,20,27H,15,17-19H2,1-3H3,(H,33,37)/t27-/m1/s1. The third-order valence-electron chi connectivity index (χ3n) is 6.07. The molecule has 3 rings (SSSR count). The van der Waals surface area contributed by atoms with E-state index in [4.69, 9.17) is 11.6 Å². The molecule has 214 valence electrons. The molecular formula is C29H32ClF2N3O4S. The number of carbonyl (C=O) groups excluding carboxylic acids is 2. The molecule has 0 aromatic heterocycles. The van der Waals surface area contributed by atoms with E-state index in [1.54, 1.807) is 24.3 Å². The van der Waals surface area contributed by atoms with E-state index in [-0.39, 0.29) is 24.6 Å². The van der Waals surface area contributed by atoms with Crippen molar-refractivity contribution in [2.75, 3.05) is 23.7 Å². The summed E-state index contributed by atoms with van der Waals surface area (Å²) in [6.45, 7) is 3.45. The number of nitrogens with zero attached hydrogens (tertiary/aromatic N) is 2. The lowest BCUT2D eigenvalue weighted by atomic mass is 10.0. The Morgan fingerprint density at radius 1 is 0.925 bits per heavy atom. The second-order valence-electron chi connectivity index (χ2n) is 9.86. The van der Waals surface area contributed by atoms with E-state index < -0.39 is 46.1 Å². The number of rotatable bonds is 12. The van der Waals surface area contributed by atoms with Crippen LogP contribution in [-0.4, -0.2) is 50.5 Å². The smallest absolute Gasteiger partial charge is 0.244 e. The molecule has 3 aromatic carbocycles. The molecule has 0 unspecified atom stereocenters. The average Bonchev–Trinajstić information content (AvgIpc) is 2.89. The molecule has 0 aliphatic heterocycles. The molecule has 0 spiro atoms. The second-order valence-corrected chi connectivity index (χ2v) is 12.2. The fourth-order valence-corrected chi connectivity index (χ4v) is 5.12. The molecule has 0 aliphatic carbocycles. The maximum atomic E-state index is 14.0. The number of hydrogen-bond donors (Lipinski definition) is 1. The van der Waals surface area contributed by atoms with Gasteiger partial charge >= 0.3 is 0 Å². The number of amides is 2. The zero-order valence-corrected chi connectivity index (χ0v) is 24.1. The Kier molecular flexibility index (Phi) is 10.6. The summed E-state index contributed by atoms with van der Waals surface area (Å²) < 4.78 is 53.7. The van der Waals surface area contributed by atoms with E-state index in [0.29, 0.717) is 27.5 Å². The van der Waals surface area contributed by atoms with Crippen molar-refractivity contribution >= 4 is 39.1 Å². The maximum Gasteiger partial charge on any atom is 0.244 e. The summed E-state index contributed by atoms with van der Waals surface area (Å²) in [5, 5.41) is 3.31. The van der Waals surface area contributed by atoms with Crippen LogP contribution in [0.25, 0.3) is 0 Å². The monoisotopic (exact) mass is 591 g/mol. The van der Waals surface area contributed by atoms with Crippen LogP contribution in [0, 0.1) is 17.6 Å². The van der Waals surface area contributed by atoms with Crippen LogP contribution in [-0.2, 0) is 32.6 Å². The highest BCUT2D eigenvalue weighted by Gasteiger charge is 2.33. The third kappa shape index (κ3) is 8.76. The highest BCUT2D eigenvalue weighted by atomic mass is 35.5. The lowest BCUT2D eigenvalue weighted by Gasteiger charge is -2.33. The van der Waals surface area contributed by atoms with Crippen LogP contribution in [0.15, 0.2) is 72.8 Å². The Balaban J connectivity index is 2.06. The molecule has 3 aromatic rings. The van der Waals surface area contributed by atoms with Crippen LogP contribution in [0.5, 0.6) is 0 Å². The molecule has 0 saturated heterocycles. The van der Waals surface area contributed by atoms with E-state index in [2.05, 4.69) is 5.32 Å². The summed E-state index contributed by atoms with van der Waals surface area (Å²) >= 11 is 6.18. The van der Waals surface area contributed by atoms with Crippen molar-refractivity contribution in [2.24, 2.45) is 5.92 Å². The zero-order valence-electron chi connectivity index (χ0n) is 22.5. The van der Waals surface area contributed by atoms with Crippen LogP contribution in [0.3, 0.4) is 0 Å². The number of benzene rings is 3. The first kappa shape index (κ1) is 31.0. The first-order valence-electron chi connectivity index (χ1n) is 12.6. The number of anilines is 1. The minimum absolute atomic E-state index is 0.0542. The normalized spacial score (nSPS) is 12.2. The van der Waals surface area contributed by atoms with Gasteiger partial charge in [0.25, 0.3) is 0 Å². The maximum absolute atomic E-state index is 14.0. The average molecular weight is 592 g/mol. The molecule has 0 fully saturated rings. The van der Waals surface area contributed by atoms with Gasteiger partial charge in [-0.3, -0.25) is 13.9 Å². The molecule has 1 atom stereocenters. The van der Waals surface area contributed by atoms with Crippen molar-refractivity contribution in [3.8, 4) is 0 Å². The molecule has 0 heterocycles. The molecular weight excluding hydrogens is 560 g/mol. The fraction of sp³-hybridized carbons (Fsp3) is 0.310. The Bertz CT molecular complexity index is 1440. The van der Waals surface area contributed by atoms with Crippen LogP contribution in [0.2, 0.25) is 5.02 Å². The molecule has 40 heavy (non-hydrogen) atoms. The predicted octanol–water partition coefficient (Wildman–Crippen LogP) is 4.80. The van der Waals surface area contributed by atoms with E-state index in [9.17, 15) is 26.8 Å². The highest BCUT2D eigenvalue weighted by molar-refractivity contribution is 7.92. The number of sulfonamides is 1. The van der Waals surface area contributed by atoms with Gasteiger partial charge in [0, 0.05) is 30.6 Å². The fourth-order valence-electron chi connectivity index (χ4n) is 4.06. The summed E-state index contributed by atoms with van der Waals surface area (Å²) in [6.07, 6.45) is 1.01. The largest absolute Gasteiger partial charge is 0.354 e. The Morgan fingerprint density at radius 2 is 1.60 bits per heavy atom. The molecule has 0 bridgehead atoms. The van der Waals surface area contributed by atoms with Crippen molar-refractivity contribution in [3.63, 3.8) is 0 Å². The van der Waals surface area contributed by atoms with Gasteiger partial charge < -0.3 is 10.2 Å². The van der Waals surface area contributed by atoms with Crippen molar-refractivity contribution < 1.29 is 26.8 Å². The molecule has 1 N–H and O–H groups in total. The minimum atomic E-state index is -4.11. The van der Waals surface area contributed by atoms with Gasteiger partial charge in [0.2, 0.25) is 21.8 Å². The molecule has 0 radical (unpaired) electrons. The van der Waals surface area contributed by atoms with E-state index in [0.717, 1.165) is 24.0 Å². The van der Waals surface area contributed by atoms with Gasteiger partial charge in [0.15, 0.2) is 11.6 Å². The molecule has 0 saturated carbocycles. The Hall–Kier alpha value is -3.50. The van der Waals surface area contributed by atoms with Crippen molar-refractivity contribution in [3.05, 3.63) is 101 Å². The summed E-state index contributed by atoms with van der Waals surface area (Å²) in [5.74, 6) is -3.39. The zero-order chi connectivity index (χ0) is 29.4. The third-order valence-corrected chi connectivity index (χ3v) is 7.44. The molecule has 11 heteroatoms. The van der Waals surface area contributed by atoms with Gasteiger partial charge in [-0.05, 0) is 41.3 Å². The van der Waals surface area contributed by atoms with Gasteiger partial charge in [0.1, 0.15) is 12.6 Å². The summed E-state index contributed by atoms with van der Waals surface area (Å²) in [4.78, 5) is 28.8. The Labute approximate surface area is 238 Å². The number of nitrogens with one attached hydrogen (secondary N) is 1. The van der Waals surface area contributed by atoms with Gasteiger partial charge in [-0.25, -0.2) is 17.2 Å². The quantitative estimate of drug-likeness (QED) is 0.328. The van der Waals surface area contributed by atoms with Gasteiger partial charge in [0.05, 0.1) is 11.9 Å². The second kappa shape index (κ2) is 13.7. The predicted molar refractivity (Wildman–Crippen MR) is 152 cm³/mol. The van der Waals surface area contributed by atoms with Crippen molar-refractivity contribution in [1.82, 2.24) is 10.2 Å². The van der Waals surface area contributed by atoms with E-state index in [1.165, 1.54) is 4.90 Å². The Morgan fingerprint density at radius 3 is 2.20 bits per heavy atom. The first-order chi connectivity index (χ1) is 18.8. The molecule has 7 nitrogen and oxygen atoms in total. The number of hydrogen-bond acceptors (Lipinski definition) is 4. The van der Waals surface area contributed by atoms with Gasteiger partial charge in [-0.2, -0.15) is 0 Å². The van der Waals surface area contributed by atoms with Crippen LogP contribution in [0.1, 0.15) is 25.0 Å². The first-order valence-corrected chi connectivity index (χ1v) is 14.9. The van der Waals surface area contributed by atoms with Crippen molar-refractivity contribution in [1.29, 1.82) is 0 Å². The van der Waals surface area contributed by atoms with E-state index in [1.807, 2.05) is 44.2 Å². The topological polar surface area (TPSA) is 86.8 Å². The van der Waals surface area contributed by atoms with Gasteiger partial charge in [-0.1, -0.05) is 67.9 Å². The molecule has 0 aliphatic rings. The summed E-state index contributed by atoms with van der Waals surface area (Å²) in [7, 11) is -4.11. The summed E-state index contributed by atoms with van der Waals surface area (Å²) in [6, 6.07) is 17.4.